The maximum absolute atomic E-state index is 5.80. The minimum Gasteiger partial charge on any atom is -0.327 e. The first kappa shape index (κ1) is 48.8. The number of anilines is 2. The highest BCUT2D eigenvalue weighted by Gasteiger charge is 2.41. The van der Waals surface area contributed by atoms with Crippen molar-refractivity contribution in [3.05, 3.63) is 265 Å². The molecule has 0 saturated carbocycles. The van der Waals surface area contributed by atoms with Crippen LogP contribution in [0.2, 0.25) is 0 Å². The van der Waals surface area contributed by atoms with Crippen LogP contribution >= 0.6 is 0 Å². The van der Waals surface area contributed by atoms with Gasteiger partial charge in [-0.15, -0.1) is 0 Å². The van der Waals surface area contributed by atoms with Crippen molar-refractivity contribution in [3.8, 4) is 0 Å². The van der Waals surface area contributed by atoms with Gasteiger partial charge in [0, 0.05) is 44.2 Å². The number of aromatic nitrogens is 3. The fourth-order valence-electron chi connectivity index (χ4n) is 16.5. The standard InChI is InChI=1S/C82H54N8/c1-41-63-31-49-17-9-7-15-47(49)23-59(63)29-61-37-71-73(39-65(41)61)81-88-79(71)86-77-69-35-57-27-53-21-45-13-5-3-11-43(45)19-51(53)25-55(57)33-67(69)75(84-77)83-76-68-34-56-26-52-20-44-12-4-6-14-46(44)22-54(52)28-58(56)36-70(68)78(85-76)87-80-72-38-62-30-60-24-48-16-8-10-18-50(48)32-64(60)42(2)66(62)40-74(72)82(89-80)90-81/h3-42,63-64,71,73,85,87,89H,1-2H3,(H,83,84,86,88,90). The zero-order valence-corrected chi connectivity index (χ0v) is 49.2. The van der Waals surface area contributed by atoms with Gasteiger partial charge in [0.1, 0.15) is 45.9 Å². The molecule has 0 saturated heterocycles. The monoisotopic (exact) mass is 1150 g/mol. The molecule has 0 amide bonds. The molecule has 6 unspecified atom stereocenters. The fourth-order valence-corrected chi connectivity index (χ4v) is 16.5. The lowest BCUT2D eigenvalue weighted by molar-refractivity contribution is 0.564. The van der Waals surface area contributed by atoms with Gasteiger partial charge in [-0.05, 0) is 216 Å². The molecule has 2 aliphatic heterocycles. The van der Waals surface area contributed by atoms with E-state index in [1.54, 1.807) is 0 Å². The lowest BCUT2D eigenvalue weighted by Gasteiger charge is -2.36. The van der Waals surface area contributed by atoms with Crippen LogP contribution in [0.15, 0.2) is 242 Å². The number of H-pyrrole nitrogens is 3. The van der Waals surface area contributed by atoms with E-state index in [9.17, 15) is 0 Å². The number of allylic oxidation sites excluding steroid dienone is 5. The largest absolute Gasteiger partial charge is 0.327 e. The van der Waals surface area contributed by atoms with Crippen LogP contribution in [0.5, 0.6) is 0 Å². The molecule has 0 fully saturated rings. The maximum Gasteiger partial charge on any atom is 0.142 e. The average molecular weight is 1150 g/mol. The van der Waals surface area contributed by atoms with Gasteiger partial charge in [-0.3, -0.25) is 0 Å². The number of nitrogens with one attached hydrogen (secondary N) is 4. The Morgan fingerprint density at radius 2 is 0.767 bits per heavy atom. The molecule has 0 spiro atoms. The predicted octanol–water partition coefficient (Wildman–Crippen LogP) is 15.8. The molecule has 6 atom stereocenters. The second-order valence-electron chi connectivity index (χ2n) is 26.2. The van der Waals surface area contributed by atoms with Crippen LogP contribution in [-0.4, -0.2) is 26.6 Å². The van der Waals surface area contributed by atoms with Crippen molar-refractivity contribution in [2.75, 3.05) is 5.32 Å². The number of nitrogens with zero attached hydrogens (tertiary/aromatic N) is 4. The van der Waals surface area contributed by atoms with Crippen molar-refractivity contribution in [1.82, 2.24) is 15.0 Å². The van der Waals surface area contributed by atoms with E-state index in [0.29, 0.717) is 16.8 Å². The second-order valence-corrected chi connectivity index (χ2v) is 26.2. The Kier molecular flexibility index (Phi) is 9.63. The summed E-state index contributed by atoms with van der Waals surface area (Å²) in [6.07, 6.45) is 19.5. The molecule has 4 N–H and O–H groups in total. The van der Waals surface area contributed by atoms with Gasteiger partial charge in [0.05, 0.1) is 11.8 Å². The molecule has 5 heterocycles. The normalized spacial score (nSPS) is 20.9. The van der Waals surface area contributed by atoms with Crippen molar-refractivity contribution in [2.45, 2.75) is 19.8 Å². The van der Waals surface area contributed by atoms with Crippen molar-refractivity contribution in [3.63, 3.8) is 0 Å². The van der Waals surface area contributed by atoms with E-state index < -0.39 is 0 Å². The highest BCUT2D eigenvalue weighted by atomic mass is 15.1. The van der Waals surface area contributed by atoms with Crippen LogP contribution in [0, 0.1) is 29.6 Å². The molecule has 8 heteroatoms. The summed E-state index contributed by atoms with van der Waals surface area (Å²) in [6.45, 7) is 4.78. The van der Waals surface area contributed by atoms with E-state index in [-0.39, 0.29) is 35.5 Å². The molecular weight excluding hydrogens is 1100 g/mol. The Morgan fingerprint density at radius 1 is 0.322 bits per heavy atom. The quantitative estimate of drug-likeness (QED) is 0.112. The first-order valence-corrected chi connectivity index (χ1v) is 31.6. The van der Waals surface area contributed by atoms with Gasteiger partial charge in [0.15, 0.2) is 0 Å². The summed E-state index contributed by atoms with van der Waals surface area (Å²) in [4.78, 5) is 34.6. The molecule has 422 valence electrons. The Labute approximate surface area is 514 Å². The molecule has 5 aliphatic carbocycles. The zero-order valence-electron chi connectivity index (χ0n) is 49.2. The Balaban J connectivity index is 0.840. The minimum atomic E-state index is -0.192. The van der Waals surface area contributed by atoms with Gasteiger partial charge >= 0.3 is 0 Å². The Hall–Kier alpha value is -11.2. The topological polar surface area (TPSA) is 109 Å². The third-order valence-corrected chi connectivity index (χ3v) is 21.1. The van der Waals surface area contributed by atoms with Crippen LogP contribution in [0.4, 0.5) is 23.3 Å². The van der Waals surface area contributed by atoms with Gasteiger partial charge < -0.3 is 20.3 Å². The van der Waals surface area contributed by atoms with Gasteiger partial charge in [-0.1, -0.05) is 160 Å². The number of aromatic amines is 3. The highest BCUT2D eigenvalue weighted by molar-refractivity contribution is 6.16. The maximum atomic E-state index is 5.80. The molecule has 11 aromatic carbocycles. The number of benzene rings is 11. The number of rotatable bonds is 0. The van der Waals surface area contributed by atoms with E-state index in [2.05, 4.69) is 265 Å². The summed E-state index contributed by atoms with van der Waals surface area (Å²) in [5.41, 5.74) is 9.18. The Morgan fingerprint density at radius 3 is 1.37 bits per heavy atom. The van der Waals surface area contributed by atoms with Crippen molar-refractivity contribution < 1.29 is 0 Å². The molecule has 3 aromatic heterocycles. The van der Waals surface area contributed by atoms with Crippen LogP contribution < -0.4 is 37.2 Å². The molecule has 7 aliphatic rings. The smallest absolute Gasteiger partial charge is 0.142 e. The van der Waals surface area contributed by atoms with Crippen LogP contribution in [0.25, 0.3) is 127 Å². The third-order valence-electron chi connectivity index (χ3n) is 21.1. The van der Waals surface area contributed by atoms with E-state index in [1.807, 2.05) is 0 Å². The molecule has 0 radical (unpaired) electrons. The zero-order chi connectivity index (χ0) is 58.8. The summed E-state index contributed by atoms with van der Waals surface area (Å²) in [7, 11) is 0. The number of fused-ring (bicyclic) bond motifs is 31. The van der Waals surface area contributed by atoms with Crippen molar-refractivity contribution >= 4 is 162 Å². The first-order chi connectivity index (χ1) is 44.2. The number of amidine groups is 2. The summed E-state index contributed by atoms with van der Waals surface area (Å²) in [5.74, 6) is 5.17. The Bertz CT molecular complexity index is 6390. The SMILES string of the molecule is CC1C2=CC3C4=Nc5[nH]c(c6cc7c(cc56)C(C)C5C=c6ccccc6=CC5=C7)Nc5[nH]c(c6cc7cc8cc9ccccc9cc8cc7cc56)N=c5[nH]c(c6cc7cc8cc9ccccc9cc8cc7cc56)=NC(=N4)C3C=C2C=C2C=c3ccccc3=CC21. The van der Waals surface area contributed by atoms with Crippen LogP contribution in [0.1, 0.15) is 30.9 Å². The van der Waals surface area contributed by atoms with E-state index in [1.165, 1.54) is 97.4 Å². The van der Waals surface area contributed by atoms with E-state index in [4.69, 9.17) is 20.0 Å². The fraction of sp³-hybridized carbons (Fsp3) is 0.0976. The van der Waals surface area contributed by atoms with E-state index >= 15 is 0 Å². The predicted molar refractivity (Wildman–Crippen MR) is 373 cm³/mol. The lowest BCUT2D eigenvalue weighted by Crippen LogP contribution is -2.34. The van der Waals surface area contributed by atoms with E-state index in [0.717, 1.165) is 83.0 Å². The van der Waals surface area contributed by atoms with Gasteiger partial charge in [-0.2, -0.15) is 0 Å². The summed E-state index contributed by atoms with van der Waals surface area (Å²) < 4.78 is 0. The molecule has 8 bridgehead atoms. The second kappa shape index (κ2) is 17.7. The van der Waals surface area contributed by atoms with Crippen molar-refractivity contribution in [2.24, 2.45) is 49.6 Å². The molecular formula is C82H54N8. The number of hydrogen-bond donors (Lipinski definition) is 4. The molecule has 90 heavy (non-hydrogen) atoms. The average Bonchev–Trinajstić information content (AvgIpc) is 2.09. The molecule has 21 rings (SSSR count). The minimum absolute atomic E-state index is 0.177. The van der Waals surface area contributed by atoms with Gasteiger partial charge in [0.2, 0.25) is 0 Å². The third kappa shape index (κ3) is 7.12. The molecule has 8 nitrogen and oxygen atoms in total. The van der Waals surface area contributed by atoms with Gasteiger partial charge in [0.25, 0.3) is 0 Å². The number of hydrogen-bond acceptors (Lipinski definition) is 5. The summed E-state index contributed by atoms with van der Waals surface area (Å²) >= 11 is 0. The highest BCUT2D eigenvalue weighted by Crippen LogP contribution is 2.49. The van der Waals surface area contributed by atoms with Crippen molar-refractivity contribution in [1.29, 1.82) is 0 Å². The summed E-state index contributed by atoms with van der Waals surface area (Å²) in [5, 5.41) is 29.4. The van der Waals surface area contributed by atoms with Gasteiger partial charge in [-0.25, -0.2) is 20.0 Å². The lowest BCUT2D eigenvalue weighted by atomic mass is 9.68. The number of aliphatic imine (C=N–C) groups is 2. The molecule has 14 aromatic rings. The van der Waals surface area contributed by atoms with Crippen LogP contribution in [0.3, 0.4) is 0 Å². The first-order valence-electron chi connectivity index (χ1n) is 31.6. The summed E-state index contributed by atoms with van der Waals surface area (Å²) in [6, 6.07) is 67.4. The van der Waals surface area contributed by atoms with Crippen LogP contribution in [-0.2, 0) is 0 Å².